The summed E-state index contributed by atoms with van der Waals surface area (Å²) in [6, 6.07) is 52.6. The van der Waals surface area contributed by atoms with Gasteiger partial charge in [-0.2, -0.15) is 45.7 Å². The zero-order chi connectivity index (χ0) is 52.6. The molecule has 0 aliphatic carbocycles. The summed E-state index contributed by atoms with van der Waals surface area (Å²) in [5, 5.41) is 47.2. The van der Waals surface area contributed by atoms with Crippen molar-refractivity contribution in [2.75, 3.05) is 28.2 Å². The van der Waals surface area contributed by atoms with E-state index >= 15 is 0 Å². The van der Waals surface area contributed by atoms with E-state index in [4.69, 9.17) is 0 Å². The Labute approximate surface area is 429 Å². The molecule has 6 N–H and O–H groups in total. The number of nitrogens with zero attached hydrogens (tertiary/aromatic N) is 8. The van der Waals surface area contributed by atoms with Crippen molar-refractivity contribution < 1.29 is 38.9 Å². The van der Waals surface area contributed by atoms with E-state index < -0.39 is 41.0 Å². The second-order valence-electron chi connectivity index (χ2n) is 16.4. The maximum Gasteiger partial charge on any atom is 0.294 e. The molecule has 9 rings (SSSR count). The minimum absolute atomic E-state index is 0.0584. The van der Waals surface area contributed by atoms with Crippen LogP contribution in [0.15, 0.2) is 239 Å². The fourth-order valence-corrected chi connectivity index (χ4v) is 8.80. The van der Waals surface area contributed by atoms with Crippen molar-refractivity contribution in [1.82, 2.24) is 0 Å². The van der Waals surface area contributed by atoms with Crippen molar-refractivity contribution in [3.63, 3.8) is 0 Å². The summed E-state index contributed by atoms with van der Waals surface area (Å²) in [4.78, 5) is -0.726. The lowest BCUT2D eigenvalue weighted by molar-refractivity contribution is 0.481. The Bertz CT molecular complexity index is 4050. The normalized spacial score (nSPS) is 12.4. The van der Waals surface area contributed by atoms with Gasteiger partial charge in [0.2, 0.25) is 0 Å². The summed E-state index contributed by atoms with van der Waals surface area (Å²) in [6.07, 6.45) is 0. The van der Waals surface area contributed by atoms with Gasteiger partial charge < -0.3 is 16.0 Å². The van der Waals surface area contributed by atoms with Crippen molar-refractivity contribution in [2.45, 2.75) is 9.79 Å². The van der Waals surface area contributed by atoms with E-state index in [1.165, 1.54) is 36.4 Å². The molecular weight excluding hydrogens is 1020 g/mol. The average molecular weight is 1060 g/mol. The highest BCUT2D eigenvalue weighted by atomic mass is 32.2. The molecule has 0 heterocycles. The third kappa shape index (κ3) is 13.6. The highest BCUT2D eigenvalue weighted by molar-refractivity contribution is 7.86. The van der Waals surface area contributed by atoms with Crippen LogP contribution in [-0.2, 0) is 30.4 Å². The monoisotopic (exact) mass is 1060 g/mol. The minimum Gasteiger partial charge on any atom is -0.384 e. The summed E-state index contributed by atoms with van der Waals surface area (Å²) < 4.78 is 98.4. The van der Waals surface area contributed by atoms with Gasteiger partial charge >= 0.3 is 0 Å². The molecule has 9 aromatic rings. The lowest BCUT2D eigenvalue weighted by Gasteiger charge is -2.15. The first-order valence-corrected chi connectivity index (χ1v) is 26.9. The van der Waals surface area contributed by atoms with Crippen LogP contribution >= 0.6 is 0 Å². The molecule has 0 spiro atoms. The Morgan fingerprint density at radius 1 is 0.333 bits per heavy atom. The van der Waals surface area contributed by atoms with Gasteiger partial charge in [0.05, 0.1) is 61.0 Å². The number of fused-ring (bicyclic) bond motifs is 2. The molecular formula is C52H41N11O9S3. The number of azo groups is 4. The molecule has 23 heteroatoms. The Kier molecular flexibility index (Phi) is 15.0. The molecule has 9 aromatic carbocycles. The molecule has 0 amide bonds. The van der Waals surface area contributed by atoms with Gasteiger partial charge in [0.25, 0.3) is 30.4 Å². The largest absolute Gasteiger partial charge is 0.384 e. The Morgan fingerprint density at radius 3 is 1.15 bits per heavy atom. The molecule has 0 unspecified atom stereocenters. The number of benzene rings is 9. The number of anilines is 5. The molecule has 0 bridgehead atoms. The van der Waals surface area contributed by atoms with Crippen LogP contribution in [0.5, 0.6) is 0 Å². The third-order valence-corrected chi connectivity index (χ3v) is 13.5. The van der Waals surface area contributed by atoms with E-state index in [1.54, 1.807) is 42.5 Å². The summed E-state index contributed by atoms with van der Waals surface area (Å²) in [5.41, 5.74) is 7.15. The Balaban J connectivity index is 0.903. The molecule has 0 fully saturated rings. The molecule has 0 atom stereocenters. The van der Waals surface area contributed by atoms with Crippen LogP contribution in [0.1, 0.15) is 0 Å². The Hall–Kier alpha value is -8.97. The first-order chi connectivity index (χ1) is 36.0. The Morgan fingerprint density at radius 2 is 0.707 bits per heavy atom. The van der Waals surface area contributed by atoms with E-state index in [1.807, 2.05) is 97.1 Å². The van der Waals surface area contributed by atoms with Crippen LogP contribution < -0.4 is 16.0 Å². The highest BCUT2D eigenvalue weighted by Crippen LogP contribution is 2.38. The highest BCUT2D eigenvalue weighted by Gasteiger charge is 2.15. The molecule has 0 aromatic heterocycles. The van der Waals surface area contributed by atoms with Crippen LogP contribution in [0.3, 0.4) is 0 Å². The molecule has 376 valence electrons. The van der Waals surface area contributed by atoms with Crippen LogP contribution in [0.2, 0.25) is 0 Å². The lowest BCUT2D eigenvalue weighted by atomic mass is 10.1. The maximum absolute atomic E-state index is 12.1. The smallest absolute Gasteiger partial charge is 0.294 e. The van der Waals surface area contributed by atoms with Crippen molar-refractivity contribution in [1.29, 1.82) is 0 Å². The second kappa shape index (κ2) is 22.0. The minimum atomic E-state index is -4.60. The van der Waals surface area contributed by atoms with E-state index in [0.29, 0.717) is 56.6 Å². The zero-order valence-electron chi connectivity index (χ0n) is 38.9. The summed E-state index contributed by atoms with van der Waals surface area (Å²) in [6.45, 7) is -0.0584. The van der Waals surface area contributed by atoms with Gasteiger partial charge in [-0.15, -0.1) is 20.5 Å². The lowest BCUT2D eigenvalue weighted by Crippen LogP contribution is -2.14. The van der Waals surface area contributed by atoms with Crippen LogP contribution in [0, 0.1) is 0 Å². The van der Waals surface area contributed by atoms with E-state index in [-0.39, 0.29) is 28.2 Å². The predicted molar refractivity (Wildman–Crippen MR) is 288 cm³/mol. The van der Waals surface area contributed by atoms with E-state index in [2.05, 4.69) is 56.9 Å². The maximum atomic E-state index is 12.1. The fraction of sp³-hybridized carbons (Fsp3) is 0.0385. The first kappa shape index (κ1) is 51.0. The van der Waals surface area contributed by atoms with E-state index in [0.717, 1.165) is 34.3 Å². The zero-order valence-corrected chi connectivity index (χ0v) is 41.4. The molecule has 75 heavy (non-hydrogen) atoms. The van der Waals surface area contributed by atoms with Crippen molar-refractivity contribution in [3.05, 3.63) is 188 Å². The van der Waals surface area contributed by atoms with Crippen molar-refractivity contribution >= 4 is 126 Å². The van der Waals surface area contributed by atoms with Gasteiger partial charge in [0.1, 0.15) is 0 Å². The van der Waals surface area contributed by atoms with Gasteiger partial charge in [0.15, 0.2) is 0 Å². The van der Waals surface area contributed by atoms with Gasteiger partial charge in [0, 0.05) is 56.5 Å². The van der Waals surface area contributed by atoms with Gasteiger partial charge in [-0.25, -0.2) is 0 Å². The van der Waals surface area contributed by atoms with Gasteiger partial charge in [-0.3, -0.25) is 13.7 Å². The number of hydrogen-bond acceptors (Lipinski definition) is 17. The molecule has 0 radical (unpaired) electrons. The fourth-order valence-electron chi connectivity index (χ4n) is 7.45. The number of hydrogen-bond donors (Lipinski definition) is 6. The molecule has 0 saturated carbocycles. The topological polar surface area (TPSA) is 298 Å². The van der Waals surface area contributed by atoms with Crippen LogP contribution in [0.25, 0.3) is 21.5 Å². The van der Waals surface area contributed by atoms with E-state index in [9.17, 15) is 38.9 Å². The predicted octanol–water partition coefficient (Wildman–Crippen LogP) is 14.9. The molecule has 0 saturated heterocycles. The third-order valence-electron chi connectivity index (χ3n) is 11.0. The van der Waals surface area contributed by atoms with Gasteiger partial charge in [-0.1, -0.05) is 48.5 Å². The second-order valence-corrected chi connectivity index (χ2v) is 20.8. The summed E-state index contributed by atoms with van der Waals surface area (Å²) in [5.74, 6) is -0.506. The van der Waals surface area contributed by atoms with Crippen molar-refractivity contribution in [3.8, 4) is 0 Å². The number of nitrogens with one attached hydrogen (secondary N) is 3. The molecule has 0 aliphatic heterocycles. The quantitative estimate of drug-likeness (QED) is 0.0345. The van der Waals surface area contributed by atoms with Crippen LogP contribution in [0.4, 0.5) is 73.9 Å². The summed E-state index contributed by atoms with van der Waals surface area (Å²) in [7, 11) is -13.2. The number of rotatable bonds is 18. The van der Waals surface area contributed by atoms with Crippen molar-refractivity contribution in [2.24, 2.45) is 40.9 Å². The SMILES string of the molecule is O=S(=O)(O)CCNc1cc(Nc2ccc(/N=N/c3ccc(/N=N/c4ccccc4)c4ccccc34)cc2)cc(Nc2ccc(/N=N/c3ccc(/N=N/c4ccc(S(=O)(=O)O)cc4)c4cc(S(=O)(=O)O)ccc34)cc2)c1. The average Bonchev–Trinajstić information content (AvgIpc) is 3.39. The molecule has 0 aliphatic rings. The summed E-state index contributed by atoms with van der Waals surface area (Å²) >= 11 is 0. The first-order valence-electron chi connectivity index (χ1n) is 22.4. The van der Waals surface area contributed by atoms with Crippen LogP contribution in [-0.4, -0.2) is 51.2 Å². The standard InChI is InChI=1S/C52H41N11O9S3/c64-73(65,66)29-28-53-40-30-41(54-34-10-14-37(15-11-34)57-61-50-25-24-49(45-8-4-5-9-46(45)50)60-56-36-6-2-1-3-7-36)32-42(31-40)55-35-12-16-38(17-13-35)58-62-51-26-27-52(48-33-44(75(70,71)72)22-23-47(48)51)63-59-39-18-20-43(21-19-39)74(67,68)69/h1-27,30-33,53-55H,28-29H2,(H,64,65,66)(H,67,68,69)(H,70,71,72)/b60-56+,61-57+,62-58+,63-59+. The molecule has 20 nitrogen and oxygen atoms in total. The van der Waals surface area contributed by atoms with Gasteiger partial charge in [-0.05, 0) is 140 Å².